The normalized spacial score (nSPS) is 9.14. The van der Waals surface area contributed by atoms with Crippen LogP contribution in [0.3, 0.4) is 0 Å². The number of aldehydes is 1. The maximum atomic E-state index is 11.4. The number of carbonyl (C=O) groups is 2. The standard InChI is InChI=1S/C10H16N2O2/c1-3-6-12(7-4-2)10(14)9-11-5-8-13/h3-4,8,11H,1-2,5-7,9H2. The average molecular weight is 196 g/mol. The molecule has 0 aromatic carbocycles. The van der Waals surface area contributed by atoms with Crippen molar-refractivity contribution in [3.05, 3.63) is 25.3 Å². The van der Waals surface area contributed by atoms with Crippen LogP contribution in [0.15, 0.2) is 25.3 Å². The molecule has 0 unspecified atom stereocenters. The minimum atomic E-state index is -0.0633. The second kappa shape index (κ2) is 8.19. The first kappa shape index (κ1) is 12.6. The zero-order valence-electron chi connectivity index (χ0n) is 8.24. The van der Waals surface area contributed by atoms with Crippen molar-refractivity contribution in [3.8, 4) is 0 Å². The van der Waals surface area contributed by atoms with Crippen molar-refractivity contribution in [2.75, 3.05) is 26.2 Å². The van der Waals surface area contributed by atoms with Gasteiger partial charge < -0.3 is 15.0 Å². The van der Waals surface area contributed by atoms with Crippen molar-refractivity contribution in [2.24, 2.45) is 0 Å². The van der Waals surface area contributed by atoms with Crippen molar-refractivity contribution in [1.29, 1.82) is 0 Å². The highest BCUT2D eigenvalue weighted by Crippen LogP contribution is 1.89. The topological polar surface area (TPSA) is 49.4 Å². The lowest BCUT2D eigenvalue weighted by molar-refractivity contribution is -0.129. The summed E-state index contributed by atoms with van der Waals surface area (Å²) in [4.78, 5) is 23.0. The third kappa shape index (κ3) is 5.27. The summed E-state index contributed by atoms with van der Waals surface area (Å²) in [6, 6.07) is 0. The van der Waals surface area contributed by atoms with E-state index in [0.717, 1.165) is 6.29 Å². The Morgan fingerprint density at radius 3 is 2.29 bits per heavy atom. The van der Waals surface area contributed by atoms with E-state index in [1.807, 2.05) is 0 Å². The molecule has 14 heavy (non-hydrogen) atoms. The lowest BCUT2D eigenvalue weighted by Crippen LogP contribution is -2.38. The van der Waals surface area contributed by atoms with Gasteiger partial charge in [0.2, 0.25) is 5.91 Å². The van der Waals surface area contributed by atoms with Gasteiger partial charge in [-0.25, -0.2) is 0 Å². The van der Waals surface area contributed by atoms with Crippen molar-refractivity contribution < 1.29 is 9.59 Å². The first-order valence-corrected chi connectivity index (χ1v) is 4.40. The van der Waals surface area contributed by atoms with E-state index in [0.29, 0.717) is 13.1 Å². The Bertz CT molecular complexity index is 204. The van der Waals surface area contributed by atoms with E-state index in [9.17, 15) is 9.59 Å². The van der Waals surface area contributed by atoms with Crippen LogP contribution in [0.5, 0.6) is 0 Å². The Balaban J connectivity index is 3.93. The lowest BCUT2D eigenvalue weighted by Gasteiger charge is -2.18. The van der Waals surface area contributed by atoms with Gasteiger partial charge in [0.15, 0.2) is 0 Å². The number of amides is 1. The average Bonchev–Trinajstić information content (AvgIpc) is 2.18. The highest BCUT2D eigenvalue weighted by molar-refractivity contribution is 5.78. The van der Waals surface area contributed by atoms with Crippen molar-refractivity contribution in [3.63, 3.8) is 0 Å². The summed E-state index contributed by atoms with van der Waals surface area (Å²) < 4.78 is 0. The smallest absolute Gasteiger partial charge is 0.237 e. The second-order valence-electron chi connectivity index (χ2n) is 2.67. The van der Waals surface area contributed by atoms with Crippen LogP contribution in [0, 0.1) is 0 Å². The molecule has 0 spiro atoms. The van der Waals surface area contributed by atoms with Gasteiger partial charge in [-0.3, -0.25) is 4.79 Å². The van der Waals surface area contributed by atoms with Gasteiger partial charge in [-0.1, -0.05) is 12.2 Å². The number of hydrogen-bond donors (Lipinski definition) is 1. The monoisotopic (exact) mass is 196 g/mol. The van der Waals surface area contributed by atoms with Crippen LogP contribution >= 0.6 is 0 Å². The molecule has 0 aliphatic carbocycles. The van der Waals surface area contributed by atoms with Crippen LogP contribution in [0.1, 0.15) is 0 Å². The predicted octanol–water partition coefficient (Wildman–Crippen LogP) is -0.0245. The number of carbonyl (C=O) groups excluding carboxylic acids is 2. The largest absolute Gasteiger partial charge is 0.334 e. The molecule has 4 nitrogen and oxygen atoms in total. The minimum absolute atomic E-state index is 0.0633. The maximum absolute atomic E-state index is 11.4. The molecular formula is C10H16N2O2. The number of nitrogens with one attached hydrogen (secondary N) is 1. The Kier molecular flexibility index (Phi) is 7.36. The number of hydrogen-bond acceptors (Lipinski definition) is 3. The molecule has 78 valence electrons. The highest BCUT2D eigenvalue weighted by atomic mass is 16.2. The molecule has 0 saturated heterocycles. The van der Waals surface area contributed by atoms with Gasteiger partial charge in [-0.15, -0.1) is 13.2 Å². The molecule has 1 N–H and O–H groups in total. The maximum Gasteiger partial charge on any atom is 0.237 e. The van der Waals surface area contributed by atoms with Crippen molar-refractivity contribution >= 4 is 12.2 Å². The van der Waals surface area contributed by atoms with Crippen LogP contribution in [0.25, 0.3) is 0 Å². The van der Waals surface area contributed by atoms with Gasteiger partial charge in [0.25, 0.3) is 0 Å². The molecule has 4 heteroatoms. The van der Waals surface area contributed by atoms with Gasteiger partial charge >= 0.3 is 0 Å². The Morgan fingerprint density at radius 1 is 1.29 bits per heavy atom. The quantitative estimate of drug-likeness (QED) is 0.337. The number of nitrogens with zero attached hydrogens (tertiary/aromatic N) is 1. The van der Waals surface area contributed by atoms with Gasteiger partial charge in [0.05, 0.1) is 13.1 Å². The summed E-state index contributed by atoms with van der Waals surface area (Å²) in [5.74, 6) is -0.0633. The van der Waals surface area contributed by atoms with Gasteiger partial charge in [-0.05, 0) is 0 Å². The van der Waals surface area contributed by atoms with E-state index in [1.165, 1.54) is 0 Å². The summed E-state index contributed by atoms with van der Waals surface area (Å²) in [6.45, 7) is 8.46. The van der Waals surface area contributed by atoms with Gasteiger partial charge in [0.1, 0.15) is 6.29 Å². The molecule has 0 saturated carbocycles. The number of rotatable bonds is 8. The van der Waals surface area contributed by atoms with Crippen LogP contribution in [-0.2, 0) is 9.59 Å². The minimum Gasteiger partial charge on any atom is -0.334 e. The fraction of sp³-hybridized carbons (Fsp3) is 0.400. The second-order valence-corrected chi connectivity index (χ2v) is 2.67. The molecule has 0 aromatic rings. The fourth-order valence-electron chi connectivity index (χ4n) is 0.940. The van der Waals surface area contributed by atoms with Crippen molar-refractivity contribution in [2.45, 2.75) is 0 Å². The Labute approximate surface area is 84.3 Å². The first-order valence-electron chi connectivity index (χ1n) is 4.40. The summed E-state index contributed by atoms with van der Waals surface area (Å²) in [5.41, 5.74) is 0. The van der Waals surface area contributed by atoms with Gasteiger partial charge in [-0.2, -0.15) is 0 Å². The first-order chi connectivity index (χ1) is 6.76. The predicted molar refractivity (Wildman–Crippen MR) is 55.9 cm³/mol. The molecule has 0 rings (SSSR count). The third-order valence-electron chi connectivity index (χ3n) is 1.56. The highest BCUT2D eigenvalue weighted by Gasteiger charge is 2.08. The summed E-state index contributed by atoms with van der Waals surface area (Å²) in [5, 5.41) is 2.70. The van der Waals surface area contributed by atoms with Crippen LogP contribution in [0.2, 0.25) is 0 Å². The van der Waals surface area contributed by atoms with Crippen molar-refractivity contribution in [1.82, 2.24) is 10.2 Å². The summed E-state index contributed by atoms with van der Waals surface area (Å²) >= 11 is 0. The molecule has 0 radical (unpaired) electrons. The zero-order valence-corrected chi connectivity index (χ0v) is 8.24. The third-order valence-corrected chi connectivity index (χ3v) is 1.56. The van der Waals surface area contributed by atoms with Crippen LogP contribution < -0.4 is 5.32 Å². The van der Waals surface area contributed by atoms with Crippen LogP contribution in [0.4, 0.5) is 0 Å². The molecule has 0 aliphatic rings. The molecule has 0 bridgehead atoms. The van der Waals surface area contributed by atoms with Crippen LogP contribution in [-0.4, -0.2) is 43.3 Å². The lowest BCUT2D eigenvalue weighted by atomic mass is 10.4. The fourth-order valence-corrected chi connectivity index (χ4v) is 0.940. The molecule has 0 fully saturated rings. The molecular weight excluding hydrogens is 180 g/mol. The molecule has 0 aromatic heterocycles. The van der Waals surface area contributed by atoms with E-state index in [-0.39, 0.29) is 19.0 Å². The molecule has 1 amide bonds. The zero-order chi connectivity index (χ0) is 10.8. The summed E-state index contributed by atoms with van der Waals surface area (Å²) in [7, 11) is 0. The van der Waals surface area contributed by atoms with E-state index in [4.69, 9.17) is 0 Å². The molecule has 0 aliphatic heterocycles. The molecule has 0 heterocycles. The Morgan fingerprint density at radius 2 is 1.86 bits per heavy atom. The summed E-state index contributed by atoms with van der Waals surface area (Å²) in [6.07, 6.45) is 4.03. The SMILES string of the molecule is C=CCN(CC=C)C(=O)CNCC=O. The van der Waals surface area contributed by atoms with E-state index in [1.54, 1.807) is 17.1 Å². The van der Waals surface area contributed by atoms with E-state index < -0.39 is 0 Å². The Hall–Kier alpha value is -1.42. The van der Waals surface area contributed by atoms with Gasteiger partial charge in [0, 0.05) is 13.1 Å². The van der Waals surface area contributed by atoms with E-state index >= 15 is 0 Å². The van der Waals surface area contributed by atoms with E-state index in [2.05, 4.69) is 18.5 Å². The molecule has 0 atom stereocenters.